The van der Waals surface area contributed by atoms with Gasteiger partial charge in [-0.1, -0.05) is 13.8 Å². The van der Waals surface area contributed by atoms with Gasteiger partial charge in [0.2, 0.25) is 0 Å². The number of aryl methyl sites for hydroxylation is 1. The second-order valence-electron chi connectivity index (χ2n) is 4.46. The van der Waals surface area contributed by atoms with Gasteiger partial charge in [-0.25, -0.2) is 9.48 Å². The molecule has 1 atom stereocenters. The molecule has 0 fully saturated rings. The van der Waals surface area contributed by atoms with E-state index in [0.29, 0.717) is 19.4 Å². The summed E-state index contributed by atoms with van der Waals surface area (Å²) in [6, 6.07) is 1.68. The first-order valence-electron chi connectivity index (χ1n) is 6.50. The molecule has 0 saturated carbocycles. The fraction of sp³-hybridized carbons (Fsp3) is 0.538. The third-order valence-corrected chi connectivity index (χ3v) is 2.98. The smallest absolute Gasteiger partial charge is 0.326 e. The Morgan fingerprint density at radius 3 is 2.55 bits per heavy atom. The maximum atomic E-state index is 12.2. The number of likely N-dealkylation sites (N-methyl/N-ethyl adjacent to an activating group) is 1. The van der Waals surface area contributed by atoms with E-state index in [0.717, 1.165) is 4.90 Å². The van der Waals surface area contributed by atoms with Gasteiger partial charge in [0.25, 0.3) is 11.5 Å². The molecule has 0 radical (unpaired) electrons. The molecule has 0 aliphatic heterocycles. The van der Waals surface area contributed by atoms with Crippen molar-refractivity contribution >= 4 is 11.9 Å². The number of carbonyl (C=O) groups is 2. The summed E-state index contributed by atoms with van der Waals surface area (Å²) in [5.41, 5.74) is -0.212. The van der Waals surface area contributed by atoms with E-state index >= 15 is 0 Å². The van der Waals surface area contributed by atoms with Gasteiger partial charge in [0.05, 0.1) is 0 Å². The van der Waals surface area contributed by atoms with Crippen LogP contribution >= 0.6 is 0 Å². The average Bonchev–Trinajstić information content (AvgIpc) is 2.41. The van der Waals surface area contributed by atoms with Crippen LogP contribution in [0.3, 0.4) is 0 Å². The molecule has 0 spiro atoms. The fourth-order valence-electron chi connectivity index (χ4n) is 1.87. The molecule has 1 rings (SSSR count). The van der Waals surface area contributed by atoms with E-state index in [2.05, 4.69) is 5.10 Å². The monoisotopic (exact) mass is 281 g/mol. The molecule has 7 heteroatoms. The van der Waals surface area contributed by atoms with Crippen molar-refractivity contribution in [1.82, 2.24) is 14.7 Å². The van der Waals surface area contributed by atoms with Gasteiger partial charge in [0, 0.05) is 19.7 Å². The summed E-state index contributed by atoms with van der Waals surface area (Å²) in [5, 5.41) is 13.0. The van der Waals surface area contributed by atoms with Gasteiger partial charge in [0.15, 0.2) is 0 Å². The Morgan fingerprint density at radius 2 is 2.05 bits per heavy atom. The van der Waals surface area contributed by atoms with Gasteiger partial charge in [0.1, 0.15) is 11.7 Å². The summed E-state index contributed by atoms with van der Waals surface area (Å²) in [6.07, 6.45) is 1.01. The zero-order valence-electron chi connectivity index (χ0n) is 11.9. The number of hydrogen-bond donors (Lipinski definition) is 1. The van der Waals surface area contributed by atoms with Gasteiger partial charge in [-0.3, -0.25) is 9.59 Å². The highest BCUT2D eigenvalue weighted by Gasteiger charge is 2.26. The summed E-state index contributed by atoms with van der Waals surface area (Å²) < 4.78 is 1.21. The van der Waals surface area contributed by atoms with Crippen molar-refractivity contribution in [2.75, 3.05) is 7.05 Å². The number of amides is 1. The lowest BCUT2D eigenvalue weighted by Gasteiger charge is -2.23. The van der Waals surface area contributed by atoms with Crippen LogP contribution in [0.15, 0.2) is 16.9 Å². The first kappa shape index (κ1) is 15.9. The topological polar surface area (TPSA) is 92.5 Å². The molecule has 0 bridgehead atoms. The quantitative estimate of drug-likeness (QED) is 0.823. The van der Waals surface area contributed by atoms with Gasteiger partial charge in [-0.2, -0.15) is 5.10 Å². The van der Waals surface area contributed by atoms with Crippen LogP contribution < -0.4 is 5.56 Å². The highest BCUT2D eigenvalue weighted by molar-refractivity contribution is 5.94. The molecule has 1 heterocycles. The predicted octanol–water partition coefficient (Wildman–Crippen LogP) is 0.589. The summed E-state index contributed by atoms with van der Waals surface area (Å²) in [7, 11) is 1.42. The number of nitrogens with zero attached hydrogens (tertiary/aromatic N) is 3. The molecule has 0 aliphatic rings. The largest absolute Gasteiger partial charge is 0.480 e. The van der Waals surface area contributed by atoms with Crippen molar-refractivity contribution in [2.24, 2.45) is 0 Å². The Balaban J connectivity index is 3.05. The minimum atomic E-state index is -1.06. The van der Waals surface area contributed by atoms with Crippen LogP contribution in [0, 0.1) is 0 Å². The summed E-state index contributed by atoms with van der Waals surface area (Å²) >= 11 is 0. The molecule has 0 aliphatic carbocycles. The van der Waals surface area contributed by atoms with Crippen molar-refractivity contribution < 1.29 is 14.7 Å². The maximum absolute atomic E-state index is 12.2. The van der Waals surface area contributed by atoms with E-state index in [9.17, 15) is 14.4 Å². The molecule has 7 nitrogen and oxygen atoms in total. The van der Waals surface area contributed by atoms with Crippen LogP contribution in [0.2, 0.25) is 0 Å². The van der Waals surface area contributed by atoms with Crippen molar-refractivity contribution in [1.29, 1.82) is 0 Å². The number of carbonyl (C=O) groups excluding carboxylic acids is 1. The highest BCUT2D eigenvalue weighted by Crippen LogP contribution is 2.07. The molecular weight excluding hydrogens is 262 g/mol. The van der Waals surface area contributed by atoms with Crippen molar-refractivity contribution in [3.63, 3.8) is 0 Å². The standard InChI is InChI=1S/C13H19N3O4/c1-4-8-16-11(17)7-6-9(14-16)12(18)15(3)10(5-2)13(19)20/h6-7,10H,4-5,8H2,1-3H3,(H,19,20). The van der Waals surface area contributed by atoms with E-state index in [-0.39, 0.29) is 11.3 Å². The summed E-state index contributed by atoms with van der Waals surface area (Å²) in [5.74, 6) is -1.57. The minimum Gasteiger partial charge on any atom is -0.480 e. The molecule has 20 heavy (non-hydrogen) atoms. The van der Waals surface area contributed by atoms with E-state index in [4.69, 9.17) is 5.11 Å². The number of rotatable bonds is 6. The van der Waals surface area contributed by atoms with E-state index < -0.39 is 17.9 Å². The number of carboxylic acid groups (broad SMARTS) is 1. The van der Waals surface area contributed by atoms with Crippen molar-refractivity contribution in [3.05, 3.63) is 28.2 Å². The summed E-state index contributed by atoms with van der Waals surface area (Å²) in [4.78, 5) is 35.9. The Bertz CT molecular complexity index is 553. The third-order valence-electron chi connectivity index (χ3n) is 2.98. The fourth-order valence-corrected chi connectivity index (χ4v) is 1.87. The average molecular weight is 281 g/mol. The molecule has 1 aromatic heterocycles. The number of aromatic nitrogens is 2. The highest BCUT2D eigenvalue weighted by atomic mass is 16.4. The Hall–Kier alpha value is -2.18. The second kappa shape index (κ2) is 6.83. The van der Waals surface area contributed by atoms with Gasteiger partial charge in [-0.05, 0) is 18.9 Å². The molecule has 110 valence electrons. The van der Waals surface area contributed by atoms with E-state index in [1.165, 1.54) is 23.9 Å². The third kappa shape index (κ3) is 3.43. The number of aliphatic carboxylic acids is 1. The number of hydrogen-bond acceptors (Lipinski definition) is 4. The number of carboxylic acids is 1. The van der Waals surface area contributed by atoms with Crippen LogP contribution in [-0.2, 0) is 11.3 Å². The Kier molecular flexibility index (Phi) is 5.42. The molecule has 1 unspecified atom stereocenters. The van der Waals surface area contributed by atoms with Crippen molar-refractivity contribution in [3.8, 4) is 0 Å². The first-order valence-corrected chi connectivity index (χ1v) is 6.50. The van der Waals surface area contributed by atoms with Crippen LogP contribution in [0.25, 0.3) is 0 Å². The zero-order chi connectivity index (χ0) is 15.3. The molecule has 1 aromatic rings. The van der Waals surface area contributed by atoms with Gasteiger partial charge >= 0.3 is 5.97 Å². The van der Waals surface area contributed by atoms with Crippen molar-refractivity contribution in [2.45, 2.75) is 39.3 Å². The van der Waals surface area contributed by atoms with Crippen LogP contribution in [0.5, 0.6) is 0 Å². The molecule has 1 N–H and O–H groups in total. The lowest BCUT2D eigenvalue weighted by Crippen LogP contribution is -2.42. The van der Waals surface area contributed by atoms with Crippen LogP contribution in [0.1, 0.15) is 37.2 Å². The lowest BCUT2D eigenvalue weighted by molar-refractivity contribution is -0.142. The second-order valence-corrected chi connectivity index (χ2v) is 4.46. The molecule has 0 saturated heterocycles. The first-order chi connectivity index (χ1) is 9.42. The SMILES string of the molecule is CCCn1nc(C(=O)N(C)C(CC)C(=O)O)ccc1=O. The zero-order valence-corrected chi connectivity index (χ0v) is 11.9. The summed E-state index contributed by atoms with van der Waals surface area (Å²) in [6.45, 7) is 4.00. The minimum absolute atomic E-state index is 0.0697. The van der Waals surface area contributed by atoms with Crippen LogP contribution in [0.4, 0.5) is 0 Å². The lowest BCUT2D eigenvalue weighted by atomic mass is 10.2. The van der Waals surface area contributed by atoms with E-state index in [1.807, 2.05) is 6.92 Å². The molecule has 0 aromatic carbocycles. The van der Waals surface area contributed by atoms with Gasteiger partial charge < -0.3 is 10.0 Å². The molecular formula is C13H19N3O4. The molecule has 1 amide bonds. The van der Waals surface area contributed by atoms with Gasteiger partial charge in [-0.15, -0.1) is 0 Å². The normalized spacial score (nSPS) is 11.9. The van der Waals surface area contributed by atoms with E-state index in [1.54, 1.807) is 6.92 Å². The Morgan fingerprint density at radius 1 is 1.40 bits per heavy atom. The van der Waals surface area contributed by atoms with Crippen LogP contribution in [-0.4, -0.2) is 44.8 Å². The maximum Gasteiger partial charge on any atom is 0.326 e. The predicted molar refractivity (Wildman–Crippen MR) is 72.6 cm³/mol. The Labute approximate surface area is 116 Å².